The summed E-state index contributed by atoms with van der Waals surface area (Å²) in [6.45, 7) is 6.94. The molecule has 0 aliphatic carbocycles. The zero-order valence-electron chi connectivity index (χ0n) is 12.3. The van der Waals surface area contributed by atoms with E-state index in [0.717, 1.165) is 5.56 Å². The lowest BCUT2D eigenvalue weighted by atomic mass is 10.1. The molecule has 1 aromatic heterocycles. The van der Waals surface area contributed by atoms with E-state index in [0.29, 0.717) is 28.2 Å². The molecule has 0 saturated carbocycles. The van der Waals surface area contributed by atoms with Gasteiger partial charge in [-0.25, -0.2) is 4.98 Å². The molecule has 1 heterocycles. The van der Waals surface area contributed by atoms with E-state index in [9.17, 15) is 0 Å². The van der Waals surface area contributed by atoms with Gasteiger partial charge in [0.25, 0.3) is 0 Å². The summed E-state index contributed by atoms with van der Waals surface area (Å²) >= 11 is 12.3. The van der Waals surface area contributed by atoms with Crippen molar-refractivity contribution in [1.29, 1.82) is 0 Å². The van der Waals surface area contributed by atoms with Gasteiger partial charge in [-0.15, -0.1) is 0 Å². The van der Waals surface area contributed by atoms with Gasteiger partial charge in [0.15, 0.2) is 0 Å². The van der Waals surface area contributed by atoms with Crippen molar-refractivity contribution in [2.24, 2.45) is 0 Å². The Kier molecular flexibility index (Phi) is 5.09. The number of ether oxygens (including phenoxy) is 1. The van der Waals surface area contributed by atoms with Gasteiger partial charge in [0.1, 0.15) is 5.75 Å². The Labute approximate surface area is 135 Å². The van der Waals surface area contributed by atoms with Crippen LogP contribution in [0.25, 0.3) is 0 Å². The molecule has 0 fully saturated rings. The highest BCUT2D eigenvalue weighted by Crippen LogP contribution is 2.29. The Balaban J connectivity index is 2.17. The van der Waals surface area contributed by atoms with E-state index in [1.165, 1.54) is 0 Å². The molecule has 0 saturated heterocycles. The van der Waals surface area contributed by atoms with Crippen molar-refractivity contribution in [3.63, 3.8) is 0 Å². The predicted molar refractivity (Wildman–Crippen MR) is 87.4 cm³/mol. The zero-order chi connectivity index (χ0) is 15.5. The summed E-state index contributed by atoms with van der Waals surface area (Å²) in [5.41, 5.74) is 0.944. The molecule has 1 N–H and O–H groups in total. The van der Waals surface area contributed by atoms with Crippen LogP contribution in [-0.2, 0) is 6.54 Å². The summed E-state index contributed by atoms with van der Waals surface area (Å²) in [7, 11) is 0. The second kappa shape index (κ2) is 6.65. The largest absolute Gasteiger partial charge is 0.437 e. The summed E-state index contributed by atoms with van der Waals surface area (Å²) in [5.74, 6) is 1.04. The summed E-state index contributed by atoms with van der Waals surface area (Å²) in [6, 6.07) is 9.10. The molecule has 0 aliphatic rings. The SMILES string of the molecule is CC(C)(C)NCc1cc(Oc2ccccc2Cl)ncc1Cl. The first-order chi connectivity index (χ1) is 9.85. The highest BCUT2D eigenvalue weighted by molar-refractivity contribution is 6.32. The van der Waals surface area contributed by atoms with E-state index in [-0.39, 0.29) is 5.54 Å². The molecule has 21 heavy (non-hydrogen) atoms. The fourth-order valence-electron chi connectivity index (χ4n) is 1.65. The average Bonchev–Trinajstić information content (AvgIpc) is 2.41. The summed E-state index contributed by atoms with van der Waals surface area (Å²) in [4.78, 5) is 4.18. The van der Waals surface area contributed by atoms with Gasteiger partial charge in [-0.3, -0.25) is 0 Å². The molecule has 5 heteroatoms. The van der Waals surface area contributed by atoms with Crippen LogP contribution in [0.1, 0.15) is 26.3 Å². The van der Waals surface area contributed by atoms with Crippen molar-refractivity contribution in [1.82, 2.24) is 10.3 Å². The third kappa shape index (κ3) is 4.88. The second-order valence-electron chi connectivity index (χ2n) is 5.75. The minimum absolute atomic E-state index is 0.0103. The van der Waals surface area contributed by atoms with E-state index in [2.05, 4.69) is 31.1 Å². The first kappa shape index (κ1) is 16.1. The molecule has 1 aromatic carbocycles. The number of para-hydroxylation sites is 1. The monoisotopic (exact) mass is 324 g/mol. The van der Waals surface area contributed by atoms with Gasteiger partial charge < -0.3 is 10.1 Å². The molecule has 0 amide bonds. The van der Waals surface area contributed by atoms with Gasteiger partial charge in [-0.1, -0.05) is 35.3 Å². The van der Waals surface area contributed by atoms with Crippen molar-refractivity contribution in [3.05, 3.63) is 52.1 Å². The zero-order valence-corrected chi connectivity index (χ0v) is 13.8. The van der Waals surface area contributed by atoms with Crippen LogP contribution >= 0.6 is 23.2 Å². The van der Waals surface area contributed by atoms with Gasteiger partial charge in [-0.2, -0.15) is 0 Å². The van der Waals surface area contributed by atoms with Crippen LogP contribution in [0.3, 0.4) is 0 Å². The fourth-order valence-corrected chi connectivity index (χ4v) is 1.99. The molecular weight excluding hydrogens is 307 g/mol. The van der Waals surface area contributed by atoms with Crippen LogP contribution in [0.4, 0.5) is 0 Å². The maximum Gasteiger partial charge on any atom is 0.219 e. The van der Waals surface area contributed by atoms with E-state index in [4.69, 9.17) is 27.9 Å². The molecular formula is C16H18Cl2N2O. The number of pyridine rings is 1. The van der Waals surface area contributed by atoms with E-state index >= 15 is 0 Å². The molecule has 2 aromatic rings. The molecule has 0 atom stereocenters. The molecule has 112 valence electrons. The fraction of sp³-hybridized carbons (Fsp3) is 0.312. The van der Waals surface area contributed by atoms with Gasteiger partial charge in [0.05, 0.1) is 10.0 Å². The van der Waals surface area contributed by atoms with Crippen LogP contribution in [0.15, 0.2) is 36.5 Å². The molecule has 0 bridgehead atoms. The molecule has 0 spiro atoms. The third-order valence-electron chi connectivity index (χ3n) is 2.77. The quantitative estimate of drug-likeness (QED) is 0.852. The normalized spacial score (nSPS) is 11.5. The van der Waals surface area contributed by atoms with Crippen LogP contribution in [0.5, 0.6) is 11.6 Å². The van der Waals surface area contributed by atoms with Crippen molar-refractivity contribution < 1.29 is 4.74 Å². The molecule has 3 nitrogen and oxygen atoms in total. The van der Waals surface area contributed by atoms with Crippen molar-refractivity contribution >= 4 is 23.2 Å². The number of hydrogen-bond donors (Lipinski definition) is 1. The maximum atomic E-state index is 6.18. The predicted octanol–water partition coefficient (Wildman–Crippen LogP) is 5.07. The van der Waals surface area contributed by atoms with Crippen LogP contribution in [-0.4, -0.2) is 10.5 Å². The summed E-state index contributed by atoms with van der Waals surface area (Å²) in [5, 5.41) is 4.54. The maximum absolute atomic E-state index is 6.18. The second-order valence-corrected chi connectivity index (χ2v) is 6.56. The number of benzene rings is 1. The molecule has 2 rings (SSSR count). The third-order valence-corrected chi connectivity index (χ3v) is 3.42. The summed E-state index contributed by atoms with van der Waals surface area (Å²) < 4.78 is 5.71. The van der Waals surface area contributed by atoms with Crippen molar-refractivity contribution in [2.75, 3.05) is 0 Å². The topological polar surface area (TPSA) is 34.1 Å². The Bertz CT molecular complexity index is 624. The minimum Gasteiger partial charge on any atom is -0.437 e. The van der Waals surface area contributed by atoms with Crippen molar-refractivity contribution in [2.45, 2.75) is 32.9 Å². The first-order valence-corrected chi connectivity index (χ1v) is 7.42. The lowest BCUT2D eigenvalue weighted by Gasteiger charge is -2.21. The highest BCUT2D eigenvalue weighted by Gasteiger charge is 2.12. The number of nitrogens with zero attached hydrogens (tertiary/aromatic N) is 1. The van der Waals surface area contributed by atoms with Gasteiger partial charge >= 0.3 is 0 Å². The Morgan fingerprint density at radius 3 is 2.52 bits per heavy atom. The summed E-state index contributed by atoms with van der Waals surface area (Å²) in [6.07, 6.45) is 1.59. The standard InChI is InChI=1S/C16H18Cl2N2O/c1-16(2,3)20-9-11-8-15(19-10-13(11)18)21-14-7-5-4-6-12(14)17/h4-8,10,20H,9H2,1-3H3. The van der Waals surface area contributed by atoms with E-state index < -0.39 is 0 Å². The number of aromatic nitrogens is 1. The highest BCUT2D eigenvalue weighted by atomic mass is 35.5. The van der Waals surface area contributed by atoms with Crippen molar-refractivity contribution in [3.8, 4) is 11.6 Å². The van der Waals surface area contributed by atoms with E-state index in [1.807, 2.05) is 18.2 Å². The molecule has 0 aliphatic heterocycles. The van der Waals surface area contributed by atoms with E-state index in [1.54, 1.807) is 18.3 Å². The lowest BCUT2D eigenvalue weighted by molar-refractivity contribution is 0.422. The van der Waals surface area contributed by atoms with Gasteiger partial charge in [0, 0.05) is 24.3 Å². The number of rotatable bonds is 4. The minimum atomic E-state index is 0.0103. The lowest BCUT2D eigenvalue weighted by Crippen LogP contribution is -2.35. The molecule has 0 unspecified atom stereocenters. The van der Waals surface area contributed by atoms with Gasteiger partial charge in [-0.05, 0) is 38.5 Å². The molecule has 0 radical (unpaired) electrons. The Hall–Kier alpha value is -1.29. The van der Waals surface area contributed by atoms with Crippen LogP contribution in [0, 0.1) is 0 Å². The Morgan fingerprint density at radius 1 is 1.14 bits per heavy atom. The van der Waals surface area contributed by atoms with Crippen LogP contribution < -0.4 is 10.1 Å². The van der Waals surface area contributed by atoms with Gasteiger partial charge in [0.2, 0.25) is 5.88 Å². The smallest absolute Gasteiger partial charge is 0.219 e. The number of halogens is 2. The average molecular weight is 325 g/mol. The Morgan fingerprint density at radius 2 is 1.86 bits per heavy atom. The number of nitrogens with one attached hydrogen (secondary N) is 1. The number of hydrogen-bond acceptors (Lipinski definition) is 3. The van der Waals surface area contributed by atoms with Crippen LogP contribution in [0.2, 0.25) is 10.0 Å². The first-order valence-electron chi connectivity index (χ1n) is 6.67.